The van der Waals surface area contributed by atoms with Gasteiger partial charge in [-0.1, -0.05) is 44.6 Å². The fourth-order valence-corrected chi connectivity index (χ4v) is 2.01. The number of rotatable bonds is 6. The van der Waals surface area contributed by atoms with Crippen LogP contribution in [0, 0.1) is 11.8 Å². The van der Waals surface area contributed by atoms with Crippen molar-refractivity contribution in [3.8, 4) is 0 Å². The molecule has 80 valence electrons. The van der Waals surface area contributed by atoms with Gasteiger partial charge in [-0.05, 0) is 31.2 Å². The predicted octanol–water partition coefficient (Wildman–Crippen LogP) is 3.14. The van der Waals surface area contributed by atoms with Gasteiger partial charge in [-0.3, -0.25) is 0 Å². The molecule has 1 nitrogen and oxygen atoms in total. The Labute approximate surface area is 88.3 Å². The lowest BCUT2D eigenvalue weighted by molar-refractivity contribution is 0.412. The molecule has 0 bridgehead atoms. The lowest BCUT2D eigenvalue weighted by atomic mass is 9.85. The third kappa shape index (κ3) is 3.67. The van der Waals surface area contributed by atoms with Crippen LogP contribution >= 0.6 is 0 Å². The quantitative estimate of drug-likeness (QED) is 0.639. The minimum absolute atomic E-state index is 0.714. The zero-order valence-electron chi connectivity index (χ0n) is 9.50. The average Bonchev–Trinajstić information content (AvgIpc) is 2.21. The van der Waals surface area contributed by atoms with Gasteiger partial charge >= 0.3 is 0 Å². The van der Waals surface area contributed by atoms with Crippen LogP contribution in [0.25, 0.3) is 0 Å². The van der Waals surface area contributed by atoms with E-state index in [0.717, 1.165) is 19.0 Å². The summed E-state index contributed by atoms with van der Waals surface area (Å²) >= 11 is 0. The van der Waals surface area contributed by atoms with Crippen LogP contribution in [0.5, 0.6) is 0 Å². The highest BCUT2D eigenvalue weighted by molar-refractivity contribution is 5.14. The van der Waals surface area contributed by atoms with Crippen molar-refractivity contribution in [3.05, 3.63) is 24.3 Å². The van der Waals surface area contributed by atoms with Gasteiger partial charge < -0.3 is 5.32 Å². The number of nitrogens with one attached hydrogen (secondary N) is 1. The molecule has 1 rings (SSSR count). The van der Waals surface area contributed by atoms with Crippen LogP contribution in [-0.4, -0.2) is 13.1 Å². The van der Waals surface area contributed by atoms with Crippen LogP contribution in [0.2, 0.25) is 0 Å². The maximum atomic E-state index is 3.51. The molecule has 0 spiro atoms. The van der Waals surface area contributed by atoms with Gasteiger partial charge in [-0.2, -0.15) is 0 Å². The molecule has 1 aliphatic rings. The van der Waals surface area contributed by atoms with Crippen molar-refractivity contribution in [1.82, 2.24) is 5.32 Å². The fraction of sp³-hybridized carbons (Fsp3) is 0.692. The number of allylic oxidation sites excluding steroid dienone is 3. The first-order chi connectivity index (χ1) is 6.88. The summed E-state index contributed by atoms with van der Waals surface area (Å²) in [5.74, 6) is 1.47. The van der Waals surface area contributed by atoms with Crippen LogP contribution in [0.4, 0.5) is 0 Å². The molecule has 14 heavy (non-hydrogen) atoms. The van der Waals surface area contributed by atoms with Gasteiger partial charge in [0.1, 0.15) is 0 Å². The summed E-state index contributed by atoms with van der Waals surface area (Å²) in [6.45, 7) is 6.77. The average molecular weight is 193 g/mol. The van der Waals surface area contributed by atoms with E-state index in [4.69, 9.17) is 0 Å². The first-order valence-corrected chi connectivity index (χ1v) is 5.94. The lowest BCUT2D eigenvalue weighted by Crippen LogP contribution is -2.27. The molecular formula is C13H23N. The highest BCUT2D eigenvalue weighted by Crippen LogP contribution is 2.23. The molecule has 0 radical (unpaired) electrons. The monoisotopic (exact) mass is 193 g/mol. The maximum Gasteiger partial charge on any atom is 0.00199 e. The third-order valence-corrected chi connectivity index (χ3v) is 2.81. The first kappa shape index (κ1) is 11.5. The zero-order chi connectivity index (χ0) is 10.2. The van der Waals surface area contributed by atoms with Crippen LogP contribution in [-0.2, 0) is 0 Å². The standard InChI is InChI=1S/C13H23N/c1-3-7-12-8-5-6-9-13(12)11-14-10-4-2/h5-6,8-9,12-14H,3-4,7,10-11H2,1-2H3. The van der Waals surface area contributed by atoms with E-state index in [0.29, 0.717) is 5.92 Å². The molecule has 0 aromatic carbocycles. The lowest BCUT2D eigenvalue weighted by Gasteiger charge is -2.24. The molecule has 0 aliphatic heterocycles. The summed E-state index contributed by atoms with van der Waals surface area (Å²) in [4.78, 5) is 0. The predicted molar refractivity (Wildman–Crippen MR) is 63.3 cm³/mol. The van der Waals surface area contributed by atoms with E-state index in [1.165, 1.54) is 19.3 Å². The highest BCUT2D eigenvalue weighted by Gasteiger charge is 2.16. The van der Waals surface area contributed by atoms with Crippen molar-refractivity contribution >= 4 is 0 Å². The molecule has 0 saturated carbocycles. The molecule has 2 atom stereocenters. The summed E-state index contributed by atoms with van der Waals surface area (Å²) in [6.07, 6.45) is 12.9. The topological polar surface area (TPSA) is 12.0 Å². The second-order valence-electron chi connectivity index (χ2n) is 4.09. The minimum Gasteiger partial charge on any atom is -0.316 e. The van der Waals surface area contributed by atoms with E-state index in [2.05, 4.69) is 43.5 Å². The summed E-state index contributed by atoms with van der Waals surface area (Å²) in [5.41, 5.74) is 0. The summed E-state index contributed by atoms with van der Waals surface area (Å²) in [6, 6.07) is 0. The second-order valence-corrected chi connectivity index (χ2v) is 4.09. The van der Waals surface area contributed by atoms with Gasteiger partial charge in [0.05, 0.1) is 0 Å². The van der Waals surface area contributed by atoms with Crippen molar-refractivity contribution in [1.29, 1.82) is 0 Å². The molecule has 0 amide bonds. The van der Waals surface area contributed by atoms with E-state index < -0.39 is 0 Å². The molecule has 1 N–H and O–H groups in total. The molecule has 0 aromatic heterocycles. The molecule has 1 aliphatic carbocycles. The molecule has 1 heteroatoms. The van der Waals surface area contributed by atoms with Crippen LogP contribution in [0.1, 0.15) is 33.1 Å². The summed E-state index contributed by atoms with van der Waals surface area (Å²) in [7, 11) is 0. The van der Waals surface area contributed by atoms with E-state index in [1.807, 2.05) is 0 Å². The Morgan fingerprint density at radius 3 is 2.36 bits per heavy atom. The van der Waals surface area contributed by atoms with Gasteiger partial charge in [0.15, 0.2) is 0 Å². The minimum atomic E-state index is 0.714. The Balaban J connectivity index is 2.32. The van der Waals surface area contributed by atoms with Gasteiger partial charge in [0.25, 0.3) is 0 Å². The first-order valence-electron chi connectivity index (χ1n) is 5.94. The van der Waals surface area contributed by atoms with Crippen molar-refractivity contribution in [3.63, 3.8) is 0 Å². The fourth-order valence-electron chi connectivity index (χ4n) is 2.01. The summed E-state index contributed by atoms with van der Waals surface area (Å²) in [5, 5.41) is 3.51. The highest BCUT2D eigenvalue weighted by atomic mass is 14.9. The van der Waals surface area contributed by atoms with Crippen LogP contribution < -0.4 is 5.32 Å². The summed E-state index contributed by atoms with van der Waals surface area (Å²) < 4.78 is 0. The van der Waals surface area contributed by atoms with E-state index in [1.54, 1.807) is 0 Å². The van der Waals surface area contributed by atoms with Gasteiger partial charge in [-0.15, -0.1) is 0 Å². The van der Waals surface area contributed by atoms with Crippen molar-refractivity contribution < 1.29 is 0 Å². The van der Waals surface area contributed by atoms with Crippen molar-refractivity contribution in [2.45, 2.75) is 33.1 Å². The second kappa shape index (κ2) is 6.83. The van der Waals surface area contributed by atoms with Gasteiger partial charge in [0, 0.05) is 6.54 Å². The Bertz CT molecular complexity index is 193. The molecule has 0 fully saturated rings. The Morgan fingerprint density at radius 2 is 1.71 bits per heavy atom. The maximum absolute atomic E-state index is 3.51. The van der Waals surface area contributed by atoms with Crippen molar-refractivity contribution in [2.24, 2.45) is 11.8 Å². The Morgan fingerprint density at radius 1 is 1.00 bits per heavy atom. The Hall–Kier alpha value is -0.560. The van der Waals surface area contributed by atoms with E-state index in [9.17, 15) is 0 Å². The zero-order valence-corrected chi connectivity index (χ0v) is 9.50. The normalized spacial score (nSPS) is 25.6. The largest absolute Gasteiger partial charge is 0.316 e. The Kier molecular flexibility index (Phi) is 5.62. The molecule has 2 unspecified atom stereocenters. The third-order valence-electron chi connectivity index (χ3n) is 2.81. The van der Waals surface area contributed by atoms with E-state index >= 15 is 0 Å². The number of hydrogen-bond donors (Lipinski definition) is 1. The van der Waals surface area contributed by atoms with Gasteiger partial charge in [0.2, 0.25) is 0 Å². The molecule has 0 heterocycles. The SMILES string of the molecule is CCCNCC1C=CC=CC1CCC. The van der Waals surface area contributed by atoms with Crippen LogP contribution in [0.3, 0.4) is 0 Å². The molecular weight excluding hydrogens is 170 g/mol. The van der Waals surface area contributed by atoms with Crippen LogP contribution in [0.15, 0.2) is 24.3 Å². The smallest absolute Gasteiger partial charge is 0.00199 e. The van der Waals surface area contributed by atoms with Crippen molar-refractivity contribution in [2.75, 3.05) is 13.1 Å². The number of hydrogen-bond acceptors (Lipinski definition) is 1. The molecule has 0 saturated heterocycles. The van der Waals surface area contributed by atoms with E-state index in [-0.39, 0.29) is 0 Å². The van der Waals surface area contributed by atoms with Gasteiger partial charge in [-0.25, -0.2) is 0 Å². The molecule has 0 aromatic rings.